The van der Waals surface area contributed by atoms with Gasteiger partial charge in [0.1, 0.15) is 5.54 Å². The van der Waals surface area contributed by atoms with Gasteiger partial charge in [0.05, 0.1) is 5.56 Å². The summed E-state index contributed by atoms with van der Waals surface area (Å²) in [6.07, 6.45) is 0. The van der Waals surface area contributed by atoms with E-state index < -0.39 is 36.0 Å². The van der Waals surface area contributed by atoms with Crippen molar-refractivity contribution in [2.45, 2.75) is 19.4 Å². The summed E-state index contributed by atoms with van der Waals surface area (Å²) in [5.41, 5.74) is 0.869. The Hall–Kier alpha value is -3.39. The number of aryl methyl sites for hydroxylation is 1. The van der Waals surface area contributed by atoms with Crippen LogP contribution in [-0.2, 0) is 19.9 Å². The summed E-state index contributed by atoms with van der Waals surface area (Å²) in [7, 11) is 0. The number of esters is 1. The molecule has 1 aliphatic rings. The van der Waals surface area contributed by atoms with Gasteiger partial charge in [0.2, 0.25) is 0 Å². The number of nitrogens with one attached hydrogen (secondary N) is 3. The Bertz CT molecular complexity index is 1010. The van der Waals surface area contributed by atoms with Crippen LogP contribution < -0.4 is 16.0 Å². The zero-order chi connectivity index (χ0) is 21.2. The molecule has 3 rings (SSSR count). The molecule has 150 valence electrons. The van der Waals surface area contributed by atoms with Crippen LogP contribution in [0.1, 0.15) is 28.4 Å². The van der Waals surface area contributed by atoms with Gasteiger partial charge in [-0.15, -0.1) is 0 Å². The lowest BCUT2D eigenvalue weighted by Crippen LogP contribution is -2.40. The van der Waals surface area contributed by atoms with E-state index in [1.165, 1.54) is 24.3 Å². The highest BCUT2D eigenvalue weighted by molar-refractivity contribution is 6.31. The van der Waals surface area contributed by atoms with E-state index in [4.69, 9.17) is 16.3 Å². The van der Waals surface area contributed by atoms with Crippen LogP contribution in [0.15, 0.2) is 42.5 Å². The highest BCUT2D eigenvalue weighted by Gasteiger charge is 2.43. The molecule has 8 nitrogen and oxygen atoms in total. The first kappa shape index (κ1) is 20.3. The average Bonchev–Trinajstić information content (AvgIpc) is 2.95. The molecule has 1 heterocycles. The van der Waals surface area contributed by atoms with Crippen molar-refractivity contribution >= 4 is 41.1 Å². The Morgan fingerprint density at radius 3 is 2.41 bits per heavy atom. The normalized spacial score (nSPS) is 18.0. The fourth-order valence-corrected chi connectivity index (χ4v) is 2.95. The molecule has 0 spiro atoms. The Balaban J connectivity index is 1.58. The molecule has 0 aliphatic carbocycles. The monoisotopic (exact) mass is 415 g/mol. The summed E-state index contributed by atoms with van der Waals surface area (Å²) in [5.74, 6) is -1.68. The number of rotatable bonds is 5. The predicted molar refractivity (Wildman–Crippen MR) is 106 cm³/mol. The van der Waals surface area contributed by atoms with Gasteiger partial charge in [-0.2, -0.15) is 0 Å². The van der Waals surface area contributed by atoms with Gasteiger partial charge >= 0.3 is 12.0 Å². The number of carbonyl (C=O) groups excluding carboxylic acids is 4. The minimum absolute atomic E-state index is 0.202. The average molecular weight is 416 g/mol. The molecule has 1 aliphatic heterocycles. The van der Waals surface area contributed by atoms with Crippen molar-refractivity contribution in [2.75, 3.05) is 11.9 Å². The van der Waals surface area contributed by atoms with Crippen LogP contribution in [0.4, 0.5) is 10.5 Å². The number of urea groups is 1. The lowest BCUT2D eigenvalue weighted by molar-refractivity contribution is -0.123. The molecule has 2 aromatic rings. The molecule has 1 saturated heterocycles. The van der Waals surface area contributed by atoms with Gasteiger partial charge in [0.25, 0.3) is 11.8 Å². The topological polar surface area (TPSA) is 114 Å². The second kappa shape index (κ2) is 7.92. The molecular formula is C20H18ClN3O5. The molecule has 9 heteroatoms. The number of benzene rings is 2. The van der Waals surface area contributed by atoms with E-state index >= 15 is 0 Å². The van der Waals surface area contributed by atoms with Crippen LogP contribution in [0.2, 0.25) is 5.02 Å². The van der Waals surface area contributed by atoms with Crippen LogP contribution in [0.25, 0.3) is 0 Å². The zero-order valence-corrected chi connectivity index (χ0v) is 16.4. The van der Waals surface area contributed by atoms with E-state index in [0.29, 0.717) is 16.3 Å². The van der Waals surface area contributed by atoms with Crippen molar-refractivity contribution < 1.29 is 23.9 Å². The van der Waals surface area contributed by atoms with E-state index in [0.717, 1.165) is 5.56 Å². The number of ether oxygens (including phenoxy) is 1. The predicted octanol–water partition coefficient (Wildman–Crippen LogP) is 2.50. The fourth-order valence-electron chi connectivity index (χ4n) is 2.77. The standard InChI is InChI=1S/C20H18ClN3O5/c1-11-3-8-14(9-15(11)21)22-16(25)10-29-17(26)12-4-6-13(7-5-12)20(2)18(27)23-19(28)24-20/h3-9H,10H2,1-2H3,(H,22,25)(H2,23,24,27,28)/t20-/m1/s1. The SMILES string of the molecule is Cc1ccc(NC(=O)COC(=O)c2ccc([C@@]3(C)NC(=O)NC3=O)cc2)cc1Cl. The third-order valence-electron chi connectivity index (χ3n) is 4.53. The minimum Gasteiger partial charge on any atom is -0.452 e. The van der Waals surface area contributed by atoms with E-state index in [1.807, 2.05) is 6.92 Å². The summed E-state index contributed by atoms with van der Waals surface area (Å²) in [4.78, 5) is 47.4. The number of hydrogen-bond donors (Lipinski definition) is 3. The summed E-state index contributed by atoms with van der Waals surface area (Å²) < 4.78 is 5.01. The first-order valence-electron chi connectivity index (χ1n) is 8.66. The van der Waals surface area contributed by atoms with Crippen LogP contribution in [0.5, 0.6) is 0 Å². The van der Waals surface area contributed by atoms with Crippen LogP contribution in [-0.4, -0.2) is 30.4 Å². The van der Waals surface area contributed by atoms with E-state index in [-0.39, 0.29) is 5.56 Å². The van der Waals surface area contributed by atoms with Gasteiger partial charge in [-0.3, -0.25) is 14.9 Å². The van der Waals surface area contributed by atoms with Gasteiger partial charge < -0.3 is 15.4 Å². The van der Waals surface area contributed by atoms with Crippen molar-refractivity contribution in [3.8, 4) is 0 Å². The number of imide groups is 1. The molecule has 1 fully saturated rings. The van der Waals surface area contributed by atoms with Crippen molar-refractivity contribution in [3.63, 3.8) is 0 Å². The van der Waals surface area contributed by atoms with Gasteiger partial charge in [-0.25, -0.2) is 9.59 Å². The largest absolute Gasteiger partial charge is 0.452 e. The second-order valence-electron chi connectivity index (χ2n) is 6.70. The number of hydrogen-bond acceptors (Lipinski definition) is 5. The molecule has 2 aromatic carbocycles. The second-order valence-corrected chi connectivity index (χ2v) is 7.11. The van der Waals surface area contributed by atoms with Crippen molar-refractivity contribution in [3.05, 3.63) is 64.2 Å². The van der Waals surface area contributed by atoms with Crippen molar-refractivity contribution in [2.24, 2.45) is 0 Å². The summed E-state index contributed by atoms with van der Waals surface area (Å²) in [6.45, 7) is 2.93. The minimum atomic E-state index is -1.21. The third kappa shape index (κ3) is 4.38. The molecule has 0 unspecified atom stereocenters. The van der Waals surface area contributed by atoms with Gasteiger partial charge in [0, 0.05) is 10.7 Å². The molecule has 1 atom stereocenters. The highest BCUT2D eigenvalue weighted by atomic mass is 35.5. The van der Waals surface area contributed by atoms with E-state index in [1.54, 1.807) is 25.1 Å². The Morgan fingerprint density at radius 2 is 1.83 bits per heavy atom. The smallest absolute Gasteiger partial charge is 0.338 e. The maximum Gasteiger partial charge on any atom is 0.338 e. The van der Waals surface area contributed by atoms with Gasteiger partial charge in [0.15, 0.2) is 6.61 Å². The summed E-state index contributed by atoms with van der Waals surface area (Å²) >= 11 is 6.01. The van der Waals surface area contributed by atoms with Crippen molar-refractivity contribution in [1.82, 2.24) is 10.6 Å². The number of amides is 4. The lowest BCUT2D eigenvalue weighted by Gasteiger charge is -2.21. The third-order valence-corrected chi connectivity index (χ3v) is 4.94. The zero-order valence-electron chi connectivity index (χ0n) is 15.7. The van der Waals surface area contributed by atoms with E-state index in [2.05, 4.69) is 16.0 Å². The maximum atomic E-state index is 12.2. The molecule has 29 heavy (non-hydrogen) atoms. The number of halogens is 1. The van der Waals surface area contributed by atoms with Gasteiger partial charge in [-0.1, -0.05) is 29.8 Å². The molecule has 0 saturated carbocycles. The van der Waals surface area contributed by atoms with Gasteiger partial charge in [-0.05, 0) is 49.2 Å². The van der Waals surface area contributed by atoms with Crippen molar-refractivity contribution in [1.29, 1.82) is 0 Å². The Morgan fingerprint density at radius 1 is 1.14 bits per heavy atom. The molecular weight excluding hydrogens is 398 g/mol. The first-order valence-corrected chi connectivity index (χ1v) is 9.04. The summed E-state index contributed by atoms with van der Waals surface area (Å²) in [5, 5.41) is 7.81. The molecule has 0 bridgehead atoms. The molecule has 0 radical (unpaired) electrons. The summed E-state index contributed by atoms with van der Waals surface area (Å²) in [6, 6.07) is 10.5. The quantitative estimate of drug-likeness (QED) is 0.513. The first-order chi connectivity index (χ1) is 13.7. The van der Waals surface area contributed by atoms with Crippen LogP contribution in [0.3, 0.4) is 0 Å². The highest BCUT2D eigenvalue weighted by Crippen LogP contribution is 2.24. The number of carbonyl (C=O) groups is 4. The Labute approximate surface area is 171 Å². The lowest BCUT2D eigenvalue weighted by atomic mass is 9.91. The van der Waals surface area contributed by atoms with Crippen LogP contribution in [0, 0.1) is 6.92 Å². The van der Waals surface area contributed by atoms with Crippen LogP contribution >= 0.6 is 11.6 Å². The number of anilines is 1. The molecule has 0 aromatic heterocycles. The molecule has 4 amide bonds. The molecule has 3 N–H and O–H groups in total. The Kier molecular flexibility index (Phi) is 5.56. The van der Waals surface area contributed by atoms with E-state index in [9.17, 15) is 19.2 Å². The fraction of sp³-hybridized carbons (Fsp3) is 0.200. The maximum absolute atomic E-state index is 12.2.